The number of imidazole rings is 1. The molecule has 1 heterocycles. The van der Waals surface area contributed by atoms with Crippen molar-refractivity contribution in [3.05, 3.63) is 58.9 Å². The van der Waals surface area contributed by atoms with Crippen molar-refractivity contribution in [3.8, 4) is 5.75 Å². The van der Waals surface area contributed by atoms with Gasteiger partial charge < -0.3 is 14.6 Å². The number of ether oxygens (including phenoxy) is 1. The third-order valence-electron chi connectivity index (χ3n) is 7.86. The summed E-state index contributed by atoms with van der Waals surface area (Å²) in [7, 11) is 0. The van der Waals surface area contributed by atoms with Crippen molar-refractivity contribution < 1.29 is 18.3 Å². The van der Waals surface area contributed by atoms with Gasteiger partial charge in [0.15, 0.2) is 23.6 Å². The second kappa shape index (κ2) is 11.4. The molecule has 2 unspecified atom stereocenters. The molecule has 0 bridgehead atoms. The van der Waals surface area contributed by atoms with Crippen molar-refractivity contribution in [2.45, 2.75) is 89.3 Å². The van der Waals surface area contributed by atoms with Crippen molar-refractivity contribution in [1.82, 2.24) is 14.9 Å². The average Bonchev–Trinajstić information content (AvgIpc) is 3.25. The van der Waals surface area contributed by atoms with Crippen molar-refractivity contribution >= 4 is 28.5 Å². The Balaban J connectivity index is 1.60. The smallest absolute Gasteiger partial charge is 0.243 e. The fraction of sp³-hybridized carbons (Fsp3) is 0.517. The fourth-order valence-electron chi connectivity index (χ4n) is 6.00. The number of hydrogen-bond donors (Lipinski definition) is 1. The number of nitrogens with one attached hydrogen (secondary N) is 1. The largest absolute Gasteiger partial charge is 0.481 e. The van der Waals surface area contributed by atoms with Crippen LogP contribution in [0.25, 0.3) is 11.0 Å². The van der Waals surface area contributed by atoms with Crippen LogP contribution in [-0.4, -0.2) is 21.5 Å². The van der Waals surface area contributed by atoms with Crippen LogP contribution >= 0.6 is 11.6 Å². The summed E-state index contributed by atoms with van der Waals surface area (Å²) >= 11 is 6.34. The maximum absolute atomic E-state index is 14.6. The highest BCUT2D eigenvalue weighted by molar-refractivity contribution is 6.32. The van der Waals surface area contributed by atoms with E-state index in [0.29, 0.717) is 27.6 Å². The number of nitrogens with zero attached hydrogens (tertiary/aromatic N) is 2. The molecule has 2 aliphatic rings. The fourth-order valence-corrected chi connectivity index (χ4v) is 6.18. The molecule has 0 saturated heterocycles. The average molecular weight is 530 g/mol. The monoisotopic (exact) mass is 529 g/mol. The molecule has 0 spiro atoms. The van der Waals surface area contributed by atoms with Crippen LogP contribution in [0.5, 0.6) is 5.75 Å². The number of hydrogen-bond acceptors (Lipinski definition) is 3. The van der Waals surface area contributed by atoms with E-state index in [9.17, 15) is 13.6 Å². The van der Waals surface area contributed by atoms with E-state index in [4.69, 9.17) is 21.3 Å². The predicted molar refractivity (Wildman–Crippen MR) is 141 cm³/mol. The first kappa shape index (κ1) is 26.0. The first-order valence-electron chi connectivity index (χ1n) is 13.5. The molecule has 2 saturated carbocycles. The number of benzene rings is 2. The second-order valence-corrected chi connectivity index (χ2v) is 10.9. The number of rotatable bonds is 7. The number of carbonyl (C=O) groups excluding carboxylic acids is 1. The van der Waals surface area contributed by atoms with Gasteiger partial charge in [-0.25, -0.2) is 13.8 Å². The van der Waals surface area contributed by atoms with Crippen LogP contribution in [0.1, 0.15) is 89.1 Å². The van der Waals surface area contributed by atoms with Crippen molar-refractivity contribution in [3.63, 3.8) is 0 Å². The molecule has 0 aliphatic heterocycles. The lowest BCUT2D eigenvalue weighted by molar-refractivity contribution is -0.127. The van der Waals surface area contributed by atoms with Gasteiger partial charge in [-0.2, -0.15) is 0 Å². The molecular weight excluding hydrogens is 496 g/mol. The van der Waals surface area contributed by atoms with Gasteiger partial charge in [-0.05, 0) is 50.7 Å². The zero-order valence-electron chi connectivity index (χ0n) is 21.2. The Hall–Kier alpha value is -2.67. The van der Waals surface area contributed by atoms with E-state index >= 15 is 0 Å². The van der Waals surface area contributed by atoms with Gasteiger partial charge in [0.25, 0.3) is 0 Å². The molecule has 1 amide bonds. The molecule has 1 aromatic heterocycles. The summed E-state index contributed by atoms with van der Waals surface area (Å²) in [6.07, 6.45) is 9.70. The van der Waals surface area contributed by atoms with Gasteiger partial charge in [0.1, 0.15) is 11.8 Å². The van der Waals surface area contributed by atoms with E-state index in [-0.39, 0.29) is 17.9 Å². The van der Waals surface area contributed by atoms with Crippen molar-refractivity contribution in [1.29, 1.82) is 0 Å². The highest BCUT2D eigenvalue weighted by Gasteiger charge is 2.36. The summed E-state index contributed by atoms with van der Waals surface area (Å²) in [4.78, 5) is 18.7. The molecule has 198 valence electrons. The molecule has 2 aliphatic carbocycles. The van der Waals surface area contributed by atoms with Crippen LogP contribution in [0.4, 0.5) is 8.78 Å². The van der Waals surface area contributed by atoms with E-state index in [1.165, 1.54) is 6.42 Å². The zero-order valence-corrected chi connectivity index (χ0v) is 21.9. The Labute approximate surface area is 221 Å². The molecule has 8 heteroatoms. The Morgan fingerprint density at radius 1 is 1.03 bits per heavy atom. The van der Waals surface area contributed by atoms with Crippen molar-refractivity contribution in [2.75, 3.05) is 0 Å². The molecule has 1 N–H and O–H groups in total. The Morgan fingerprint density at radius 2 is 1.68 bits per heavy atom. The minimum absolute atomic E-state index is 0.0640. The van der Waals surface area contributed by atoms with Gasteiger partial charge in [0.05, 0.1) is 16.1 Å². The lowest BCUT2D eigenvalue weighted by Gasteiger charge is -2.34. The Kier molecular flexibility index (Phi) is 7.98. The van der Waals surface area contributed by atoms with Gasteiger partial charge in [-0.3, -0.25) is 4.79 Å². The SMILES string of the molecule is CC(Oc1ccccc1Cl)c1nc2cc(F)c(F)cc2n1C(C(=O)NC1CCCCC1)C1CCCCC1. The highest BCUT2D eigenvalue weighted by atomic mass is 35.5. The van der Waals surface area contributed by atoms with Crippen LogP contribution in [0.3, 0.4) is 0 Å². The molecule has 2 atom stereocenters. The quantitative estimate of drug-likeness (QED) is 0.341. The number of aromatic nitrogens is 2. The number of halogens is 3. The van der Waals surface area contributed by atoms with Gasteiger partial charge in [0, 0.05) is 18.2 Å². The van der Waals surface area contributed by atoms with Gasteiger partial charge in [-0.1, -0.05) is 62.3 Å². The molecule has 2 fully saturated rings. The topological polar surface area (TPSA) is 56.2 Å². The van der Waals surface area contributed by atoms with Crippen LogP contribution in [-0.2, 0) is 4.79 Å². The molecule has 2 aromatic carbocycles. The van der Waals surface area contributed by atoms with Gasteiger partial charge in [-0.15, -0.1) is 0 Å². The van der Waals surface area contributed by atoms with Gasteiger partial charge in [0.2, 0.25) is 5.91 Å². The van der Waals surface area contributed by atoms with Crippen LogP contribution in [0, 0.1) is 17.6 Å². The summed E-state index contributed by atoms with van der Waals surface area (Å²) in [6, 6.07) is 8.94. The van der Waals surface area contributed by atoms with E-state index in [1.807, 2.05) is 23.6 Å². The number of para-hydroxylation sites is 1. The van der Waals surface area contributed by atoms with E-state index in [0.717, 1.165) is 69.9 Å². The summed E-state index contributed by atoms with van der Waals surface area (Å²) in [5.74, 6) is -1.01. The molecule has 5 rings (SSSR count). The maximum Gasteiger partial charge on any atom is 0.243 e. The number of fused-ring (bicyclic) bond motifs is 1. The normalized spacial score (nSPS) is 19.0. The lowest BCUT2D eigenvalue weighted by Crippen LogP contribution is -2.44. The number of amides is 1. The van der Waals surface area contributed by atoms with Crippen LogP contribution in [0.2, 0.25) is 5.02 Å². The van der Waals surface area contributed by atoms with Crippen LogP contribution < -0.4 is 10.1 Å². The first-order valence-corrected chi connectivity index (χ1v) is 13.9. The van der Waals surface area contributed by atoms with E-state index < -0.39 is 23.8 Å². The minimum Gasteiger partial charge on any atom is -0.481 e. The molecule has 0 radical (unpaired) electrons. The first-order chi connectivity index (χ1) is 17.9. The lowest BCUT2D eigenvalue weighted by atomic mass is 9.82. The van der Waals surface area contributed by atoms with Crippen molar-refractivity contribution in [2.24, 2.45) is 5.92 Å². The Morgan fingerprint density at radius 3 is 2.38 bits per heavy atom. The Bertz CT molecular complexity index is 1250. The predicted octanol–water partition coefficient (Wildman–Crippen LogP) is 7.68. The standard InChI is InChI=1S/C29H34ClF2N3O2/c1-18(37-26-15-9-8-14-21(26)30)28-34-24-16-22(31)23(32)17-25(24)35(28)27(19-10-4-2-5-11-19)29(36)33-20-12-6-3-7-13-20/h8-9,14-20,27H,2-7,10-13H2,1H3,(H,33,36). The van der Waals surface area contributed by atoms with Gasteiger partial charge >= 0.3 is 0 Å². The van der Waals surface area contributed by atoms with Crippen LogP contribution in [0.15, 0.2) is 36.4 Å². The van der Waals surface area contributed by atoms with E-state index in [1.54, 1.807) is 12.1 Å². The highest BCUT2D eigenvalue weighted by Crippen LogP contribution is 2.39. The number of carbonyl (C=O) groups is 1. The third kappa shape index (κ3) is 5.62. The minimum atomic E-state index is -0.968. The molecule has 37 heavy (non-hydrogen) atoms. The molecule has 3 aromatic rings. The summed E-state index contributed by atoms with van der Waals surface area (Å²) in [6.45, 7) is 1.82. The maximum atomic E-state index is 14.6. The zero-order chi connectivity index (χ0) is 25.9. The molecular formula is C29H34ClF2N3O2. The van der Waals surface area contributed by atoms with E-state index in [2.05, 4.69) is 5.32 Å². The second-order valence-electron chi connectivity index (χ2n) is 10.5. The summed E-state index contributed by atoms with van der Waals surface area (Å²) in [5, 5.41) is 3.75. The summed E-state index contributed by atoms with van der Waals surface area (Å²) < 4.78 is 36.8. The summed E-state index contributed by atoms with van der Waals surface area (Å²) in [5.41, 5.74) is 0.702. The third-order valence-corrected chi connectivity index (χ3v) is 8.17. The molecule has 5 nitrogen and oxygen atoms in total.